The summed E-state index contributed by atoms with van der Waals surface area (Å²) < 4.78 is 53.3. The van der Waals surface area contributed by atoms with E-state index in [-0.39, 0.29) is 5.82 Å². The van der Waals surface area contributed by atoms with Crippen molar-refractivity contribution in [3.8, 4) is 16.9 Å². The lowest BCUT2D eigenvalue weighted by atomic mass is 10.1. The average Bonchev–Trinajstić information content (AvgIpc) is 3.31. The molecule has 0 bridgehead atoms. The second-order valence-electron chi connectivity index (χ2n) is 7.25. The Labute approximate surface area is 194 Å². The molecule has 0 N–H and O–H groups in total. The first-order chi connectivity index (χ1) is 16.4. The molecule has 6 nitrogen and oxygen atoms in total. The Morgan fingerprint density at radius 2 is 1.50 bits per heavy atom. The number of halogens is 4. The van der Waals surface area contributed by atoms with Gasteiger partial charge in [0.1, 0.15) is 16.5 Å². The highest BCUT2D eigenvalue weighted by atomic mass is 32.2. The minimum Gasteiger partial charge on any atom is -0.207 e. The summed E-state index contributed by atoms with van der Waals surface area (Å²) in [5.74, 6) is 0.417. The lowest BCUT2D eigenvalue weighted by molar-refractivity contribution is -0.137. The Balaban J connectivity index is 1.42. The van der Waals surface area contributed by atoms with E-state index in [4.69, 9.17) is 0 Å². The number of tetrazole rings is 1. The highest BCUT2D eigenvalue weighted by Gasteiger charge is 2.30. The molecule has 0 aliphatic heterocycles. The van der Waals surface area contributed by atoms with Gasteiger partial charge in [-0.3, -0.25) is 0 Å². The highest BCUT2D eigenvalue weighted by Crippen LogP contribution is 2.33. The van der Waals surface area contributed by atoms with E-state index in [2.05, 4.69) is 25.7 Å². The number of benzene rings is 3. The Hall–Kier alpha value is -3.86. The van der Waals surface area contributed by atoms with E-state index in [1.165, 1.54) is 40.7 Å². The fourth-order valence-electron chi connectivity index (χ4n) is 3.43. The number of nitrogens with zero attached hydrogens (tertiary/aromatic N) is 6. The van der Waals surface area contributed by atoms with Gasteiger partial charge in [-0.05, 0) is 59.0 Å². The third-order valence-electron chi connectivity index (χ3n) is 5.08. The number of rotatable bonds is 5. The maximum absolute atomic E-state index is 13.3. The number of hydrogen-bond acceptors (Lipinski definition) is 6. The molecule has 0 unspecified atom stereocenters. The smallest absolute Gasteiger partial charge is 0.207 e. The molecule has 34 heavy (non-hydrogen) atoms. The zero-order valence-electron chi connectivity index (χ0n) is 17.2. The van der Waals surface area contributed by atoms with E-state index in [1.807, 2.05) is 24.3 Å². The number of alkyl halides is 3. The minimum absolute atomic E-state index is 0.308. The van der Waals surface area contributed by atoms with Crippen molar-refractivity contribution in [3.63, 3.8) is 0 Å². The van der Waals surface area contributed by atoms with Gasteiger partial charge in [-0.25, -0.2) is 4.39 Å². The van der Waals surface area contributed by atoms with Crippen molar-refractivity contribution in [3.05, 3.63) is 90.0 Å². The molecule has 0 fully saturated rings. The molecule has 0 saturated heterocycles. The zero-order chi connectivity index (χ0) is 23.7. The van der Waals surface area contributed by atoms with E-state index in [1.54, 1.807) is 12.1 Å². The van der Waals surface area contributed by atoms with Gasteiger partial charge < -0.3 is 0 Å². The summed E-state index contributed by atoms with van der Waals surface area (Å²) >= 11 is 1.35. The van der Waals surface area contributed by atoms with Crippen LogP contribution in [0.1, 0.15) is 11.4 Å². The van der Waals surface area contributed by atoms with Crippen LogP contribution >= 0.6 is 11.8 Å². The lowest BCUT2D eigenvalue weighted by Crippen LogP contribution is -2.06. The topological polar surface area (TPSA) is 69.4 Å². The van der Waals surface area contributed by atoms with Crippen LogP contribution < -0.4 is 0 Å². The van der Waals surface area contributed by atoms with Gasteiger partial charge in [-0.1, -0.05) is 36.0 Å². The first-order valence-electron chi connectivity index (χ1n) is 9.99. The van der Waals surface area contributed by atoms with Crippen molar-refractivity contribution in [1.29, 1.82) is 0 Å². The maximum atomic E-state index is 13.3. The van der Waals surface area contributed by atoms with Gasteiger partial charge in [0.05, 0.1) is 17.0 Å². The van der Waals surface area contributed by atoms with Gasteiger partial charge in [0.2, 0.25) is 0 Å². The van der Waals surface area contributed by atoms with Crippen LogP contribution in [-0.4, -0.2) is 30.4 Å². The standard InChI is InChI=1S/C23H14F4N6S/c24-16-9-5-14(6-10-16)21-18-3-1-2-4-19(18)22(30-29-21)34-13-20-28-31-32-33(20)17-11-7-15(8-12-17)23(25,26)27/h1-12H,13H2. The Kier molecular flexibility index (Phi) is 5.70. The van der Waals surface area contributed by atoms with Gasteiger partial charge >= 0.3 is 6.18 Å². The number of thioether (sulfide) groups is 1. The molecule has 5 rings (SSSR count). The summed E-state index contributed by atoms with van der Waals surface area (Å²) in [7, 11) is 0. The lowest BCUT2D eigenvalue weighted by Gasteiger charge is -2.10. The molecule has 0 spiro atoms. The van der Waals surface area contributed by atoms with Crippen LogP contribution in [0, 0.1) is 5.82 Å². The van der Waals surface area contributed by atoms with Gasteiger partial charge in [0, 0.05) is 16.3 Å². The van der Waals surface area contributed by atoms with Crippen LogP contribution in [-0.2, 0) is 11.9 Å². The molecule has 2 heterocycles. The summed E-state index contributed by atoms with van der Waals surface area (Å²) in [6.07, 6.45) is -4.42. The van der Waals surface area contributed by atoms with E-state index >= 15 is 0 Å². The first-order valence-corrected chi connectivity index (χ1v) is 11.0. The molecular weight excluding hydrogens is 468 g/mol. The third kappa shape index (κ3) is 4.34. The minimum atomic E-state index is -4.42. The number of fused-ring (bicyclic) bond motifs is 1. The Bertz CT molecular complexity index is 1450. The van der Waals surface area contributed by atoms with Crippen molar-refractivity contribution in [1.82, 2.24) is 30.4 Å². The molecule has 0 aliphatic rings. The van der Waals surface area contributed by atoms with E-state index < -0.39 is 11.7 Å². The van der Waals surface area contributed by atoms with Gasteiger partial charge in [-0.15, -0.1) is 15.3 Å². The van der Waals surface area contributed by atoms with Crippen LogP contribution in [0.4, 0.5) is 17.6 Å². The molecule has 0 aliphatic carbocycles. The molecule has 0 amide bonds. The van der Waals surface area contributed by atoms with Gasteiger partial charge in [-0.2, -0.15) is 17.9 Å². The number of aromatic nitrogens is 6. The molecule has 2 aromatic heterocycles. The molecule has 0 radical (unpaired) electrons. The number of hydrogen-bond donors (Lipinski definition) is 0. The summed E-state index contributed by atoms with van der Waals surface area (Å²) in [4.78, 5) is 0. The molecule has 5 aromatic rings. The molecule has 0 saturated carbocycles. The Morgan fingerprint density at radius 3 is 2.21 bits per heavy atom. The van der Waals surface area contributed by atoms with Crippen LogP contribution in [0.3, 0.4) is 0 Å². The summed E-state index contributed by atoms with van der Waals surface area (Å²) in [5, 5.41) is 22.7. The van der Waals surface area contributed by atoms with E-state index in [0.29, 0.717) is 28.0 Å². The molecule has 0 atom stereocenters. The summed E-state index contributed by atoms with van der Waals surface area (Å²) in [6, 6.07) is 18.3. The van der Waals surface area contributed by atoms with Crippen molar-refractivity contribution in [2.24, 2.45) is 0 Å². The summed E-state index contributed by atoms with van der Waals surface area (Å²) in [6.45, 7) is 0. The third-order valence-corrected chi connectivity index (χ3v) is 6.06. The molecule has 3 aromatic carbocycles. The van der Waals surface area contributed by atoms with Crippen LogP contribution in [0.2, 0.25) is 0 Å². The molecular formula is C23H14F4N6S. The quantitative estimate of drug-likeness (QED) is 0.236. The fraction of sp³-hybridized carbons (Fsp3) is 0.0870. The van der Waals surface area contributed by atoms with Crippen molar-refractivity contribution in [2.45, 2.75) is 17.0 Å². The predicted molar refractivity (Wildman–Crippen MR) is 119 cm³/mol. The van der Waals surface area contributed by atoms with E-state index in [0.717, 1.165) is 28.5 Å². The zero-order valence-corrected chi connectivity index (χ0v) is 18.1. The van der Waals surface area contributed by atoms with Crippen LogP contribution in [0.5, 0.6) is 0 Å². The normalized spacial score (nSPS) is 11.8. The van der Waals surface area contributed by atoms with Gasteiger partial charge in [0.15, 0.2) is 5.82 Å². The highest BCUT2D eigenvalue weighted by molar-refractivity contribution is 7.98. The largest absolute Gasteiger partial charge is 0.416 e. The van der Waals surface area contributed by atoms with Crippen LogP contribution in [0.25, 0.3) is 27.7 Å². The van der Waals surface area contributed by atoms with Crippen molar-refractivity contribution in [2.75, 3.05) is 0 Å². The SMILES string of the molecule is Fc1ccc(-c2nnc(SCc3nnnn3-c3ccc(C(F)(F)F)cc3)c3ccccc23)cc1. The predicted octanol–water partition coefficient (Wildman–Crippen LogP) is 5.72. The maximum Gasteiger partial charge on any atom is 0.416 e. The van der Waals surface area contributed by atoms with Crippen LogP contribution in [0.15, 0.2) is 77.8 Å². The summed E-state index contributed by atoms with van der Waals surface area (Å²) in [5.41, 5.74) is 1.04. The van der Waals surface area contributed by atoms with Crippen molar-refractivity contribution >= 4 is 22.5 Å². The first kappa shape index (κ1) is 22.0. The van der Waals surface area contributed by atoms with Crippen molar-refractivity contribution < 1.29 is 17.6 Å². The second-order valence-corrected chi connectivity index (χ2v) is 8.21. The molecule has 170 valence electrons. The second kappa shape index (κ2) is 8.82. The Morgan fingerprint density at radius 1 is 0.794 bits per heavy atom. The fourth-order valence-corrected chi connectivity index (χ4v) is 4.31. The molecule has 11 heteroatoms. The monoisotopic (exact) mass is 482 g/mol. The average molecular weight is 482 g/mol. The van der Waals surface area contributed by atoms with Gasteiger partial charge in [0.25, 0.3) is 0 Å². The van der Waals surface area contributed by atoms with E-state index in [9.17, 15) is 17.6 Å².